The molecular formula is C36H41N2O+. The normalized spacial score (nSPS) is 18.3. The molecule has 3 aromatic carbocycles. The highest BCUT2D eigenvalue weighted by Crippen LogP contribution is 2.46. The standard InChI is InChI=1S/C36H41N2O/c1-10-37-30-18-32-28(16-26(30)23(4)20-35(37,6)7)34(25-15-13-12-14-22(25)3)29-17-27-24(5)21-36(8,9)38(11-2)31(27)19-33(29)39-32/h12-21H,10-11H2,1-9H3/q+1. The van der Waals surface area contributed by atoms with Gasteiger partial charge in [-0.2, -0.15) is 0 Å². The molecule has 0 spiro atoms. The predicted octanol–water partition coefficient (Wildman–Crippen LogP) is 7.08. The molecular weight excluding hydrogens is 476 g/mol. The average molecular weight is 518 g/mol. The third-order valence-electron chi connectivity index (χ3n) is 8.96. The van der Waals surface area contributed by atoms with Gasteiger partial charge < -0.3 is 9.64 Å². The van der Waals surface area contributed by atoms with Crippen LogP contribution < -0.4 is 24.8 Å². The summed E-state index contributed by atoms with van der Waals surface area (Å²) in [5.74, 6) is 1.88. The third kappa shape index (κ3) is 3.81. The molecule has 0 saturated heterocycles. The molecule has 0 amide bonds. The lowest BCUT2D eigenvalue weighted by atomic mass is 9.83. The van der Waals surface area contributed by atoms with Gasteiger partial charge in [0.1, 0.15) is 18.0 Å². The van der Waals surface area contributed by atoms with E-state index in [1.807, 2.05) is 0 Å². The van der Waals surface area contributed by atoms with Gasteiger partial charge in [0.15, 0.2) is 5.54 Å². The minimum absolute atomic E-state index is 0.0502. The van der Waals surface area contributed by atoms with Crippen LogP contribution in [0.1, 0.15) is 83.2 Å². The second-order valence-corrected chi connectivity index (χ2v) is 12.5. The first kappa shape index (κ1) is 25.7. The van der Waals surface area contributed by atoms with Crippen LogP contribution in [0.25, 0.3) is 16.7 Å². The van der Waals surface area contributed by atoms with Crippen molar-refractivity contribution in [1.29, 1.82) is 0 Å². The number of rotatable bonds is 3. The van der Waals surface area contributed by atoms with E-state index in [1.165, 1.54) is 60.8 Å². The lowest BCUT2D eigenvalue weighted by Gasteiger charge is -2.43. The Labute approximate surface area is 233 Å². The topological polar surface area (TPSA) is 15.5 Å². The zero-order valence-electron chi connectivity index (χ0n) is 25.0. The Hall–Kier alpha value is -3.59. The van der Waals surface area contributed by atoms with Gasteiger partial charge in [-0.1, -0.05) is 30.3 Å². The highest BCUT2D eigenvalue weighted by molar-refractivity contribution is 5.92. The number of hydrogen-bond donors (Lipinski definition) is 0. The van der Waals surface area contributed by atoms with Gasteiger partial charge in [0.05, 0.1) is 11.6 Å². The van der Waals surface area contributed by atoms with E-state index < -0.39 is 0 Å². The third-order valence-corrected chi connectivity index (χ3v) is 8.96. The van der Waals surface area contributed by atoms with Gasteiger partial charge in [0.25, 0.3) is 0 Å². The first-order valence-electron chi connectivity index (χ1n) is 14.4. The summed E-state index contributed by atoms with van der Waals surface area (Å²) in [6.07, 6.45) is 4.81. The zero-order valence-corrected chi connectivity index (χ0v) is 25.0. The van der Waals surface area contributed by atoms with Gasteiger partial charge in [0.2, 0.25) is 5.36 Å². The molecule has 0 radical (unpaired) electrons. The largest absolute Gasteiger partial charge is 0.456 e. The van der Waals surface area contributed by atoms with Crippen LogP contribution in [0.2, 0.25) is 0 Å². The van der Waals surface area contributed by atoms with Crippen LogP contribution in [0.4, 0.5) is 5.69 Å². The van der Waals surface area contributed by atoms with Gasteiger partial charge in [-0.3, -0.25) is 0 Å². The van der Waals surface area contributed by atoms with Crippen molar-refractivity contribution in [3.63, 3.8) is 0 Å². The Balaban J connectivity index is 1.75. The van der Waals surface area contributed by atoms with Crippen molar-refractivity contribution in [2.24, 2.45) is 0 Å². The van der Waals surface area contributed by atoms with E-state index in [0.717, 1.165) is 24.6 Å². The molecule has 0 bridgehead atoms. The van der Waals surface area contributed by atoms with Crippen molar-refractivity contribution >= 4 is 22.4 Å². The van der Waals surface area contributed by atoms with E-state index in [2.05, 4.69) is 132 Å². The number of nitrogens with zero attached hydrogens (tertiary/aromatic N) is 2. The first-order valence-corrected chi connectivity index (χ1v) is 14.4. The Morgan fingerprint density at radius 1 is 0.769 bits per heavy atom. The maximum absolute atomic E-state index is 6.88. The van der Waals surface area contributed by atoms with Crippen LogP contribution in [0.5, 0.6) is 11.5 Å². The van der Waals surface area contributed by atoms with E-state index in [9.17, 15) is 0 Å². The molecule has 3 nitrogen and oxygen atoms in total. The highest BCUT2D eigenvalue weighted by Gasteiger charge is 2.35. The van der Waals surface area contributed by atoms with Gasteiger partial charge >= 0.3 is 0 Å². The molecule has 0 atom stereocenters. The number of aryl methyl sites for hydroxylation is 1. The van der Waals surface area contributed by atoms with Gasteiger partial charge in [-0.15, -0.1) is 0 Å². The Morgan fingerprint density at radius 2 is 1.49 bits per heavy atom. The van der Waals surface area contributed by atoms with Crippen molar-refractivity contribution in [2.75, 3.05) is 18.0 Å². The van der Waals surface area contributed by atoms with Gasteiger partial charge in [-0.05, 0) is 88.9 Å². The fraction of sp³-hybridized carbons (Fsp3) is 0.361. The fourth-order valence-corrected chi connectivity index (χ4v) is 7.33. The SMILES string of the molecule is CCN1c2cc3c(cc2C(C)=CC1(C)C)C(c1ccccc1C)=c1cc2c(cc1O3)=[N+](CC)C(C)(C)C=C2C. The summed E-state index contributed by atoms with van der Waals surface area (Å²) >= 11 is 0. The van der Waals surface area contributed by atoms with Crippen LogP contribution >= 0.6 is 0 Å². The Bertz CT molecular complexity index is 1730. The summed E-state index contributed by atoms with van der Waals surface area (Å²) in [5, 5.41) is 2.42. The summed E-state index contributed by atoms with van der Waals surface area (Å²) < 4.78 is 9.37. The molecule has 6 rings (SSSR count). The predicted molar refractivity (Wildman–Crippen MR) is 165 cm³/mol. The van der Waals surface area contributed by atoms with Crippen LogP contribution in [0.15, 0.2) is 60.7 Å². The summed E-state index contributed by atoms with van der Waals surface area (Å²) in [7, 11) is 0. The maximum Gasteiger partial charge on any atom is 0.211 e. The molecule has 3 aliphatic heterocycles. The van der Waals surface area contributed by atoms with Crippen molar-refractivity contribution in [1.82, 2.24) is 4.58 Å². The first-order chi connectivity index (χ1) is 18.5. The maximum atomic E-state index is 6.88. The molecule has 3 aromatic rings. The number of allylic oxidation sites excluding steroid dienone is 2. The van der Waals surface area contributed by atoms with Crippen molar-refractivity contribution in [3.05, 3.63) is 99.1 Å². The van der Waals surface area contributed by atoms with Crippen LogP contribution in [-0.2, 0) is 0 Å². The van der Waals surface area contributed by atoms with Gasteiger partial charge in [-0.25, -0.2) is 4.58 Å². The van der Waals surface area contributed by atoms with E-state index in [0.29, 0.717) is 0 Å². The minimum Gasteiger partial charge on any atom is -0.456 e. The molecule has 39 heavy (non-hydrogen) atoms. The van der Waals surface area contributed by atoms with E-state index in [-0.39, 0.29) is 11.1 Å². The molecule has 3 aliphatic rings. The van der Waals surface area contributed by atoms with Crippen molar-refractivity contribution in [2.45, 2.75) is 73.4 Å². The molecule has 0 aliphatic carbocycles. The Kier molecular flexibility index (Phi) is 5.73. The second kappa shape index (κ2) is 8.71. The minimum atomic E-state index is -0.0502. The van der Waals surface area contributed by atoms with E-state index in [4.69, 9.17) is 4.74 Å². The monoisotopic (exact) mass is 517 g/mol. The zero-order chi connectivity index (χ0) is 27.9. The average Bonchev–Trinajstić information content (AvgIpc) is 2.86. The number of benzene rings is 3. The number of anilines is 1. The summed E-state index contributed by atoms with van der Waals surface area (Å²) in [5.41, 5.74) is 11.3. The summed E-state index contributed by atoms with van der Waals surface area (Å²) in [4.78, 5) is 2.49. The van der Waals surface area contributed by atoms with Crippen LogP contribution in [-0.4, -0.2) is 24.2 Å². The molecule has 0 saturated carbocycles. The number of likely N-dealkylation sites (N-methyl/N-ethyl adjacent to an activating group) is 2. The molecule has 3 heterocycles. The van der Waals surface area contributed by atoms with Crippen molar-refractivity contribution in [3.8, 4) is 11.5 Å². The molecule has 0 N–H and O–H groups in total. The van der Waals surface area contributed by atoms with Crippen LogP contribution in [0.3, 0.4) is 0 Å². The summed E-state index contributed by atoms with van der Waals surface area (Å²) in [6, 6.07) is 18.1. The number of fused-ring (bicyclic) bond motifs is 4. The summed E-state index contributed by atoms with van der Waals surface area (Å²) in [6.45, 7) is 22.3. The van der Waals surface area contributed by atoms with Gasteiger partial charge in [0, 0.05) is 59.6 Å². The molecule has 3 heteroatoms. The fourth-order valence-electron chi connectivity index (χ4n) is 7.33. The quantitative estimate of drug-likeness (QED) is 0.270. The molecule has 0 aromatic heterocycles. The van der Waals surface area contributed by atoms with E-state index in [1.54, 1.807) is 0 Å². The highest BCUT2D eigenvalue weighted by atomic mass is 16.5. The number of ether oxygens (including phenoxy) is 1. The molecule has 0 unspecified atom stereocenters. The lowest BCUT2D eigenvalue weighted by molar-refractivity contribution is 0.399. The Morgan fingerprint density at radius 3 is 2.18 bits per heavy atom. The molecule has 200 valence electrons. The number of hydrogen-bond acceptors (Lipinski definition) is 2. The molecule has 0 fully saturated rings. The van der Waals surface area contributed by atoms with E-state index >= 15 is 0 Å². The van der Waals surface area contributed by atoms with Crippen molar-refractivity contribution < 1.29 is 4.74 Å². The lowest BCUT2D eigenvalue weighted by Crippen LogP contribution is -2.49. The smallest absolute Gasteiger partial charge is 0.211 e. The van der Waals surface area contributed by atoms with Crippen LogP contribution in [0, 0.1) is 6.92 Å². The second-order valence-electron chi connectivity index (χ2n) is 12.5.